The molecule has 1 rings (SSSR count). The fourth-order valence-electron chi connectivity index (χ4n) is 2.32. The second-order valence-electron chi connectivity index (χ2n) is 5.69. The van der Waals surface area contributed by atoms with Gasteiger partial charge in [-0.15, -0.1) is 0 Å². The molecule has 1 aromatic rings. The van der Waals surface area contributed by atoms with E-state index in [1.165, 1.54) is 18.9 Å². The van der Waals surface area contributed by atoms with Crippen LogP contribution in [-0.4, -0.2) is 13.1 Å². The molecule has 0 radical (unpaired) electrons. The predicted octanol–water partition coefficient (Wildman–Crippen LogP) is 4.79. The molecular weight excluding hydrogens is 305 g/mol. The van der Waals surface area contributed by atoms with Gasteiger partial charge in [-0.05, 0) is 61.5 Å². The van der Waals surface area contributed by atoms with Crippen LogP contribution in [0.2, 0.25) is 0 Å². The number of halogens is 2. The Balaban J connectivity index is 2.56. The molecule has 0 aliphatic heterocycles. The van der Waals surface area contributed by atoms with Crippen LogP contribution in [0.5, 0.6) is 0 Å². The number of hydrogen-bond donors (Lipinski definition) is 1. The molecule has 0 amide bonds. The average Bonchev–Trinajstić information content (AvgIpc) is 2.27. The van der Waals surface area contributed by atoms with Crippen molar-refractivity contribution in [2.45, 2.75) is 40.0 Å². The highest BCUT2D eigenvalue weighted by atomic mass is 79.9. The Hall–Kier alpha value is -0.410. The Labute approximate surface area is 125 Å². The van der Waals surface area contributed by atoms with E-state index in [4.69, 9.17) is 0 Å². The van der Waals surface area contributed by atoms with Crippen LogP contribution in [0.4, 0.5) is 4.39 Å². The lowest BCUT2D eigenvalue weighted by Gasteiger charge is -2.18. The van der Waals surface area contributed by atoms with Crippen LogP contribution in [0.15, 0.2) is 22.7 Å². The predicted molar refractivity (Wildman–Crippen MR) is 83.9 cm³/mol. The van der Waals surface area contributed by atoms with E-state index in [2.05, 4.69) is 42.0 Å². The topological polar surface area (TPSA) is 12.0 Å². The fourth-order valence-corrected chi connectivity index (χ4v) is 2.84. The van der Waals surface area contributed by atoms with E-state index >= 15 is 0 Å². The summed E-state index contributed by atoms with van der Waals surface area (Å²) in [6.45, 7) is 8.70. The Morgan fingerprint density at radius 1 is 1.21 bits per heavy atom. The summed E-state index contributed by atoms with van der Waals surface area (Å²) in [7, 11) is 0. The van der Waals surface area contributed by atoms with Crippen molar-refractivity contribution >= 4 is 15.9 Å². The standard InChI is InChI=1S/C16H25BrFN/c1-4-5-13(11-19-10-12(2)3)6-14-7-15(17)9-16(18)8-14/h7-9,12-13,19H,4-6,10-11H2,1-3H3. The van der Waals surface area contributed by atoms with Crippen molar-refractivity contribution in [3.63, 3.8) is 0 Å². The molecule has 1 nitrogen and oxygen atoms in total. The van der Waals surface area contributed by atoms with Crippen LogP contribution >= 0.6 is 15.9 Å². The third kappa shape index (κ3) is 7.07. The monoisotopic (exact) mass is 329 g/mol. The first-order chi connectivity index (χ1) is 9.01. The first kappa shape index (κ1) is 16.6. The van der Waals surface area contributed by atoms with Gasteiger partial charge in [-0.25, -0.2) is 4.39 Å². The van der Waals surface area contributed by atoms with Crippen molar-refractivity contribution < 1.29 is 4.39 Å². The van der Waals surface area contributed by atoms with Gasteiger partial charge in [0, 0.05) is 4.47 Å². The highest BCUT2D eigenvalue weighted by Gasteiger charge is 2.10. The molecule has 0 fully saturated rings. The molecule has 0 aliphatic rings. The van der Waals surface area contributed by atoms with E-state index in [-0.39, 0.29) is 5.82 Å². The SMILES string of the molecule is CCCC(CNCC(C)C)Cc1cc(F)cc(Br)c1. The molecule has 0 heterocycles. The molecule has 0 spiro atoms. The van der Waals surface area contributed by atoms with Crippen LogP contribution in [0.1, 0.15) is 39.2 Å². The van der Waals surface area contributed by atoms with E-state index in [0.29, 0.717) is 11.8 Å². The van der Waals surface area contributed by atoms with E-state index < -0.39 is 0 Å². The quantitative estimate of drug-likeness (QED) is 0.722. The van der Waals surface area contributed by atoms with Gasteiger partial charge in [0.2, 0.25) is 0 Å². The van der Waals surface area contributed by atoms with Crippen molar-refractivity contribution in [3.8, 4) is 0 Å². The summed E-state index contributed by atoms with van der Waals surface area (Å²) in [5.41, 5.74) is 1.08. The minimum absolute atomic E-state index is 0.158. The lowest BCUT2D eigenvalue weighted by atomic mass is 9.94. The van der Waals surface area contributed by atoms with Crippen molar-refractivity contribution in [1.82, 2.24) is 5.32 Å². The number of nitrogens with one attached hydrogen (secondary N) is 1. The summed E-state index contributed by atoms with van der Waals surface area (Å²) in [6.07, 6.45) is 3.29. The average molecular weight is 330 g/mol. The number of benzene rings is 1. The molecule has 19 heavy (non-hydrogen) atoms. The maximum atomic E-state index is 13.4. The summed E-state index contributed by atoms with van der Waals surface area (Å²) in [4.78, 5) is 0. The van der Waals surface area contributed by atoms with Crippen molar-refractivity contribution in [2.75, 3.05) is 13.1 Å². The molecule has 1 atom stereocenters. The Bertz CT molecular complexity index is 359. The minimum Gasteiger partial charge on any atom is -0.316 e. The Morgan fingerprint density at radius 2 is 1.95 bits per heavy atom. The van der Waals surface area contributed by atoms with Gasteiger partial charge in [-0.3, -0.25) is 0 Å². The van der Waals surface area contributed by atoms with E-state index in [1.54, 1.807) is 6.07 Å². The van der Waals surface area contributed by atoms with Gasteiger partial charge in [-0.2, -0.15) is 0 Å². The van der Waals surface area contributed by atoms with Gasteiger partial charge in [0.05, 0.1) is 0 Å². The highest BCUT2D eigenvalue weighted by molar-refractivity contribution is 9.10. The second kappa shape index (κ2) is 8.70. The third-order valence-corrected chi connectivity index (χ3v) is 3.59. The maximum Gasteiger partial charge on any atom is 0.124 e. The fraction of sp³-hybridized carbons (Fsp3) is 0.625. The summed E-state index contributed by atoms with van der Waals surface area (Å²) < 4.78 is 14.2. The van der Waals surface area contributed by atoms with E-state index in [1.807, 2.05) is 6.07 Å². The van der Waals surface area contributed by atoms with Crippen molar-refractivity contribution in [3.05, 3.63) is 34.1 Å². The van der Waals surface area contributed by atoms with Crippen LogP contribution < -0.4 is 5.32 Å². The number of hydrogen-bond acceptors (Lipinski definition) is 1. The number of rotatable bonds is 8. The smallest absolute Gasteiger partial charge is 0.124 e. The van der Waals surface area contributed by atoms with Gasteiger partial charge < -0.3 is 5.32 Å². The first-order valence-electron chi connectivity index (χ1n) is 7.17. The molecule has 1 N–H and O–H groups in total. The normalized spacial score (nSPS) is 12.9. The molecular formula is C16H25BrFN. The minimum atomic E-state index is -0.158. The highest BCUT2D eigenvalue weighted by Crippen LogP contribution is 2.19. The molecule has 3 heteroatoms. The van der Waals surface area contributed by atoms with Gasteiger partial charge >= 0.3 is 0 Å². The Morgan fingerprint density at radius 3 is 2.53 bits per heavy atom. The van der Waals surface area contributed by atoms with Crippen LogP contribution in [0, 0.1) is 17.7 Å². The van der Waals surface area contributed by atoms with E-state index in [9.17, 15) is 4.39 Å². The summed E-state index contributed by atoms with van der Waals surface area (Å²) >= 11 is 3.36. The van der Waals surface area contributed by atoms with Gasteiger partial charge in [0.15, 0.2) is 0 Å². The zero-order chi connectivity index (χ0) is 14.3. The van der Waals surface area contributed by atoms with Crippen LogP contribution in [0.25, 0.3) is 0 Å². The molecule has 0 aliphatic carbocycles. The molecule has 108 valence electrons. The Kier molecular flexibility index (Phi) is 7.62. The largest absolute Gasteiger partial charge is 0.316 e. The van der Waals surface area contributed by atoms with Gasteiger partial charge in [0.25, 0.3) is 0 Å². The summed E-state index contributed by atoms with van der Waals surface area (Å²) in [5.74, 6) is 1.10. The molecule has 0 bridgehead atoms. The molecule has 0 aromatic heterocycles. The van der Waals surface area contributed by atoms with Gasteiger partial charge in [-0.1, -0.05) is 43.1 Å². The second-order valence-corrected chi connectivity index (χ2v) is 6.60. The zero-order valence-electron chi connectivity index (χ0n) is 12.2. The molecule has 1 unspecified atom stereocenters. The lowest BCUT2D eigenvalue weighted by molar-refractivity contribution is 0.420. The maximum absolute atomic E-state index is 13.4. The van der Waals surface area contributed by atoms with E-state index in [0.717, 1.165) is 29.5 Å². The summed E-state index contributed by atoms with van der Waals surface area (Å²) in [6, 6.07) is 5.18. The lowest BCUT2D eigenvalue weighted by Crippen LogP contribution is -2.27. The molecule has 1 aromatic carbocycles. The zero-order valence-corrected chi connectivity index (χ0v) is 13.8. The van der Waals surface area contributed by atoms with Gasteiger partial charge in [0.1, 0.15) is 5.82 Å². The van der Waals surface area contributed by atoms with Crippen molar-refractivity contribution in [2.24, 2.45) is 11.8 Å². The molecule has 0 saturated heterocycles. The first-order valence-corrected chi connectivity index (χ1v) is 7.96. The summed E-state index contributed by atoms with van der Waals surface area (Å²) in [5, 5.41) is 3.51. The van der Waals surface area contributed by atoms with Crippen LogP contribution in [0.3, 0.4) is 0 Å². The third-order valence-electron chi connectivity index (χ3n) is 3.13. The van der Waals surface area contributed by atoms with Crippen molar-refractivity contribution in [1.29, 1.82) is 0 Å². The molecule has 0 saturated carbocycles. The van der Waals surface area contributed by atoms with Crippen LogP contribution in [-0.2, 0) is 6.42 Å².